The fraction of sp³-hybridized carbons (Fsp3) is 0.0952. The number of hydrogen-bond donors (Lipinski definition) is 1. The largest absolute Gasteiger partial charge is 0.351 e. The van der Waals surface area contributed by atoms with Crippen molar-refractivity contribution in [2.24, 2.45) is 0 Å². The van der Waals surface area contributed by atoms with E-state index in [2.05, 4.69) is 5.32 Å². The van der Waals surface area contributed by atoms with Crippen LogP contribution < -0.4 is 5.32 Å². The summed E-state index contributed by atoms with van der Waals surface area (Å²) < 4.78 is 0. The van der Waals surface area contributed by atoms with Crippen LogP contribution in [0.2, 0.25) is 5.02 Å². The molecule has 1 N–H and O–H groups in total. The van der Waals surface area contributed by atoms with Crippen LogP contribution in [0, 0.1) is 10.1 Å². The van der Waals surface area contributed by atoms with Gasteiger partial charge in [-0.25, -0.2) is 0 Å². The minimum Gasteiger partial charge on any atom is -0.351 e. The number of amides is 3. The molecule has 0 atom stereocenters. The Morgan fingerprint density at radius 2 is 1.74 bits per heavy atom. The van der Waals surface area contributed by atoms with Gasteiger partial charge in [0.05, 0.1) is 9.83 Å². The quantitative estimate of drug-likeness (QED) is 0.380. The number of thioether (sulfide) groups is 1. The van der Waals surface area contributed by atoms with Crippen LogP contribution in [-0.2, 0) is 9.59 Å². The minimum atomic E-state index is -0.504. The molecular weight excluding hydrogens is 442 g/mol. The van der Waals surface area contributed by atoms with E-state index in [9.17, 15) is 24.5 Å². The molecule has 0 bridgehead atoms. The van der Waals surface area contributed by atoms with Crippen molar-refractivity contribution < 1.29 is 19.3 Å². The molecule has 0 unspecified atom stereocenters. The van der Waals surface area contributed by atoms with Crippen molar-refractivity contribution in [3.8, 4) is 0 Å². The highest BCUT2D eigenvalue weighted by atomic mass is 35.5. The summed E-state index contributed by atoms with van der Waals surface area (Å²) in [6.07, 6.45) is 4.40. The molecule has 1 heterocycles. The third kappa shape index (κ3) is 6.03. The number of nitrogens with one attached hydrogen (secondary N) is 1. The monoisotopic (exact) mass is 457 g/mol. The molecule has 2 aromatic rings. The fourth-order valence-electron chi connectivity index (χ4n) is 2.63. The van der Waals surface area contributed by atoms with Crippen molar-refractivity contribution in [3.63, 3.8) is 0 Å². The van der Waals surface area contributed by atoms with Crippen molar-refractivity contribution in [1.82, 2.24) is 10.2 Å². The van der Waals surface area contributed by atoms with Crippen molar-refractivity contribution >= 4 is 58.3 Å². The SMILES string of the molecule is O=C(/C=C/c1ccc([N+](=O)[O-])cc1)NCCN1C(=O)S/C(=C/c2ccc(Cl)cc2)C1=O. The molecule has 1 fully saturated rings. The van der Waals surface area contributed by atoms with Crippen molar-refractivity contribution in [2.75, 3.05) is 13.1 Å². The summed E-state index contributed by atoms with van der Waals surface area (Å²) in [6, 6.07) is 12.6. The average Bonchev–Trinajstić information content (AvgIpc) is 3.01. The lowest BCUT2D eigenvalue weighted by Gasteiger charge is -2.12. The molecule has 0 saturated carbocycles. The number of hydrogen-bond acceptors (Lipinski definition) is 6. The molecule has 0 aliphatic carbocycles. The van der Waals surface area contributed by atoms with Crippen LogP contribution in [0.25, 0.3) is 12.2 Å². The van der Waals surface area contributed by atoms with Gasteiger partial charge in [0, 0.05) is 36.3 Å². The standard InChI is InChI=1S/C21H16ClN3O5S/c22-16-6-1-15(2-7-16)13-18-20(27)24(21(28)31-18)12-11-23-19(26)10-5-14-3-8-17(9-4-14)25(29)30/h1-10,13H,11-12H2,(H,23,26)/b10-5+,18-13+. The maximum absolute atomic E-state index is 12.5. The van der Waals surface area contributed by atoms with Gasteiger partial charge in [0.1, 0.15) is 0 Å². The molecule has 158 valence electrons. The zero-order chi connectivity index (χ0) is 22.4. The maximum atomic E-state index is 12.5. The Hall–Kier alpha value is -3.43. The molecule has 1 saturated heterocycles. The van der Waals surface area contributed by atoms with E-state index >= 15 is 0 Å². The highest BCUT2D eigenvalue weighted by Gasteiger charge is 2.34. The first-order valence-electron chi connectivity index (χ1n) is 9.05. The van der Waals surface area contributed by atoms with Crippen LogP contribution in [-0.4, -0.2) is 40.0 Å². The molecule has 8 nitrogen and oxygen atoms in total. The molecule has 31 heavy (non-hydrogen) atoms. The van der Waals surface area contributed by atoms with Gasteiger partial charge in [-0.15, -0.1) is 0 Å². The zero-order valence-electron chi connectivity index (χ0n) is 16.0. The van der Waals surface area contributed by atoms with Crippen LogP contribution in [0.5, 0.6) is 0 Å². The number of non-ortho nitro benzene ring substituents is 1. The van der Waals surface area contributed by atoms with Crippen molar-refractivity contribution in [3.05, 3.63) is 85.8 Å². The number of imide groups is 1. The van der Waals surface area contributed by atoms with Gasteiger partial charge in [-0.2, -0.15) is 0 Å². The fourth-order valence-corrected chi connectivity index (χ4v) is 3.62. The minimum absolute atomic E-state index is 0.0381. The summed E-state index contributed by atoms with van der Waals surface area (Å²) in [5, 5.41) is 13.4. The number of rotatable bonds is 7. The molecule has 1 aliphatic heterocycles. The van der Waals surface area contributed by atoms with Gasteiger partial charge in [-0.1, -0.05) is 23.7 Å². The van der Waals surface area contributed by atoms with Crippen LogP contribution in [0.3, 0.4) is 0 Å². The number of benzene rings is 2. The van der Waals surface area contributed by atoms with Crippen LogP contribution in [0.4, 0.5) is 10.5 Å². The Morgan fingerprint density at radius 1 is 1.10 bits per heavy atom. The lowest BCUT2D eigenvalue weighted by molar-refractivity contribution is -0.384. The second kappa shape index (κ2) is 10.1. The molecule has 0 aromatic heterocycles. The Morgan fingerprint density at radius 3 is 2.39 bits per heavy atom. The van der Waals surface area contributed by atoms with E-state index in [-0.39, 0.29) is 18.8 Å². The zero-order valence-corrected chi connectivity index (χ0v) is 17.6. The van der Waals surface area contributed by atoms with E-state index in [1.165, 1.54) is 36.4 Å². The molecule has 2 aromatic carbocycles. The number of halogens is 1. The third-order valence-electron chi connectivity index (χ3n) is 4.21. The van der Waals surface area contributed by atoms with E-state index in [4.69, 9.17) is 11.6 Å². The number of nitrogens with zero attached hydrogens (tertiary/aromatic N) is 2. The highest BCUT2D eigenvalue weighted by molar-refractivity contribution is 8.18. The van der Waals surface area contributed by atoms with Gasteiger partial charge in [-0.3, -0.25) is 29.4 Å². The van der Waals surface area contributed by atoms with Crippen LogP contribution >= 0.6 is 23.4 Å². The molecule has 3 rings (SSSR count). The van der Waals surface area contributed by atoms with Crippen molar-refractivity contribution in [1.29, 1.82) is 0 Å². The van der Waals surface area contributed by atoms with Crippen molar-refractivity contribution in [2.45, 2.75) is 0 Å². The van der Waals surface area contributed by atoms with Gasteiger partial charge in [0.15, 0.2) is 0 Å². The predicted molar refractivity (Wildman–Crippen MR) is 119 cm³/mol. The van der Waals surface area contributed by atoms with E-state index in [1.54, 1.807) is 30.3 Å². The number of nitro benzene ring substituents is 1. The van der Waals surface area contributed by atoms with Gasteiger partial charge in [0.25, 0.3) is 16.8 Å². The van der Waals surface area contributed by atoms with Gasteiger partial charge in [0.2, 0.25) is 5.91 Å². The lowest BCUT2D eigenvalue weighted by atomic mass is 10.2. The second-order valence-corrected chi connectivity index (χ2v) is 7.79. The highest BCUT2D eigenvalue weighted by Crippen LogP contribution is 2.32. The number of carbonyl (C=O) groups excluding carboxylic acids is 3. The number of carbonyl (C=O) groups is 3. The predicted octanol–water partition coefficient (Wildman–Crippen LogP) is 4.11. The maximum Gasteiger partial charge on any atom is 0.293 e. The molecular formula is C21H16ClN3O5S. The Labute approximate surface area is 186 Å². The second-order valence-electron chi connectivity index (χ2n) is 6.36. The summed E-state index contributed by atoms with van der Waals surface area (Å²) in [7, 11) is 0. The Bertz CT molecular complexity index is 1080. The lowest BCUT2D eigenvalue weighted by Crippen LogP contribution is -2.36. The summed E-state index contributed by atoms with van der Waals surface area (Å²) in [5.41, 5.74) is 1.34. The van der Waals surface area contributed by atoms with E-state index < -0.39 is 22.0 Å². The smallest absolute Gasteiger partial charge is 0.293 e. The number of nitro groups is 1. The Kier molecular flexibility index (Phi) is 7.22. The summed E-state index contributed by atoms with van der Waals surface area (Å²) >= 11 is 6.68. The summed E-state index contributed by atoms with van der Waals surface area (Å²) in [5.74, 6) is -0.831. The summed E-state index contributed by atoms with van der Waals surface area (Å²) in [6.45, 7) is 0.134. The topological polar surface area (TPSA) is 110 Å². The molecule has 10 heteroatoms. The first-order valence-corrected chi connectivity index (χ1v) is 10.2. The normalized spacial score (nSPS) is 15.1. The van der Waals surface area contributed by atoms with Crippen LogP contribution in [0.1, 0.15) is 11.1 Å². The van der Waals surface area contributed by atoms with Gasteiger partial charge >= 0.3 is 0 Å². The van der Waals surface area contributed by atoms with E-state index in [0.717, 1.165) is 22.2 Å². The first-order chi connectivity index (χ1) is 14.8. The summed E-state index contributed by atoms with van der Waals surface area (Å²) in [4.78, 5) is 48.0. The molecule has 0 radical (unpaired) electrons. The van der Waals surface area contributed by atoms with E-state index in [0.29, 0.717) is 15.5 Å². The van der Waals surface area contributed by atoms with Crippen LogP contribution in [0.15, 0.2) is 59.5 Å². The third-order valence-corrected chi connectivity index (χ3v) is 5.37. The molecule has 1 aliphatic rings. The Balaban J connectivity index is 1.51. The van der Waals surface area contributed by atoms with Gasteiger partial charge in [-0.05, 0) is 59.3 Å². The van der Waals surface area contributed by atoms with Gasteiger partial charge < -0.3 is 5.32 Å². The van der Waals surface area contributed by atoms with E-state index in [1.807, 2.05) is 0 Å². The first kappa shape index (κ1) is 22.3. The molecule has 0 spiro atoms. The molecule has 3 amide bonds. The average molecular weight is 458 g/mol.